The standard InChI is InChI=1S/C21H21N3O6S2/c1-14-6-9-18(10-7-14)32(28,29)24-17-5-3-4-15(12-17)21(25)23-16-8-11-19(30-2)20(13-16)31(22,26)27/h3-13,24H,1-2H3,(H,23,25)(H2,22,26,27). The Balaban J connectivity index is 1.82. The Kier molecular flexibility index (Phi) is 6.53. The highest BCUT2D eigenvalue weighted by molar-refractivity contribution is 7.92. The summed E-state index contributed by atoms with van der Waals surface area (Å²) in [6.07, 6.45) is 0. The zero-order valence-electron chi connectivity index (χ0n) is 17.2. The summed E-state index contributed by atoms with van der Waals surface area (Å²) in [5.41, 5.74) is 1.44. The average molecular weight is 476 g/mol. The van der Waals surface area contributed by atoms with Crippen molar-refractivity contribution < 1.29 is 26.4 Å². The molecule has 168 valence electrons. The first kappa shape index (κ1) is 23.3. The summed E-state index contributed by atoms with van der Waals surface area (Å²) in [6.45, 7) is 1.85. The smallest absolute Gasteiger partial charge is 0.261 e. The van der Waals surface area contributed by atoms with E-state index < -0.39 is 26.0 Å². The molecule has 0 bridgehead atoms. The monoisotopic (exact) mass is 475 g/mol. The minimum absolute atomic E-state index is 0.0398. The first-order valence-corrected chi connectivity index (χ1v) is 12.2. The van der Waals surface area contributed by atoms with Crippen LogP contribution in [-0.2, 0) is 20.0 Å². The van der Waals surface area contributed by atoms with Gasteiger partial charge in [-0.15, -0.1) is 0 Å². The molecular weight excluding hydrogens is 454 g/mol. The second-order valence-electron chi connectivity index (χ2n) is 6.86. The van der Waals surface area contributed by atoms with E-state index >= 15 is 0 Å². The molecule has 0 aromatic heterocycles. The molecule has 9 nitrogen and oxygen atoms in total. The summed E-state index contributed by atoms with van der Waals surface area (Å²) in [7, 11) is -6.62. The molecule has 1 amide bonds. The number of rotatable bonds is 7. The topological polar surface area (TPSA) is 145 Å². The fraction of sp³-hybridized carbons (Fsp3) is 0.0952. The van der Waals surface area contributed by atoms with Gasteiger partial charge in [0, 0.05) is 16.9 Å². The highest BCUT2D eigenvalue weighted by Crippen LogP contribution is 2.26. The third-order valence-corrected chi connectivity index (χ3v) is 6.77. The second kappa shape index (κ2) is 8.99. The maximum absolute atomic E-state index is 12.7. The predicted octanol–water partition coefficient (Wildman–Crippen LogP) is 2.70. The van der Waals surface area contributed by atoms with E-state index in [0.29, 0.717) is 0 Å². The molecule has 0 fully saturated rings. The molecule has 0 radical (unpaired) electrons. The molecule has 0 aliphatic heterocycles. The fourth-order valence-corrected chi connectivity index (χ4v) is 4.61. The van der Waals surface area contributed by atoms with Gasteiger partial charge in [0.1, 0.15) is 10.6 Å². The number of nitrogens with two attached hydrogens (primary N) is 1. The number of sulfonamides is 2. The lowest BCUT2D eigenvalue weighted by Gasteiger charge is -2.12. The third-order valence-electron chi connectivity index (χ3n) is 4.44. The van der Waals surface area contributed by atoms with E-state index in [1.165, 1.54) is 61.7 Å². The third kappa shape index (κ3) is 5.44. The zero-order chi connectivity index (χ0) is 23.5. The summed E-state index contributed by atoms with van der Waals surface area (Å²) < 4.78 is 56.1. The largest absolute Gasteiger partial charge is 0.495 e. The summed E-state index contributed by atoms with van der Waals surface area (Å²) >= 11 is 0. The first-order chi connectivity index (χ1) is 15.0. The molecule has 0 unspecified atom stereocenters. The highest BCUT2D eigenvalue weighted by atomic mass is 32.2. The van der Waals surface area contributed by atoms with Crippen LogP contribution in [0.25, 0.3) is 0 Å². The fourth-order valence-electron chi connectivity index (χ4n) is 2.84. The first-order valence-electron chi connectivity index (χ1n) is 9.21. The number of amides is 1. The van der Waals surface area contributed by atoms with Crippen LogP contribution in [0.5, 0.6) is 5.75 Å². The minimum Gasteiger partial charge on any atom is -0.495 e. The van der Waals surface area contributed by atoms with E-state index in [2.05, 4.69) is 10.0 Å². The van der Waals surface area contributed by atoms with Gasteiger partial charge in [0.05, 0.1) is 12.0 Å². The summed E-state index contributed by atoms with van der Waals surface area (Å²) in [5.74, 6) is -0.537. The number of hydrogen-bond donors (Lipinski definition) is 3. The van der Waals surface area contributed by atoms with Crippen LogP contribution in [-0.4, -0.2) is 29.9 Å². The number of hydrogen-bond acceptors (Lipinski definition) is 6. The SMILES string of the molecule is COc1ccc(NC(=O)c2cccc(NS(=O)(=O)c3ccc(C)cc3)c2)cc1S(N)(=O)=O. The number of anilines is 2. The van der Waals surface area contributed by atoms with E-state index in [4.69, 9.17) is 9.88 Å². The summed E-state index contributed by atoms with van der Waals surface area (Å²) in [6, 6.07) is 16.2. The lowest BCUT2D eigenvalue weighted by molar-refractivity contribution is 0.102. The molecule has 0 atom stereocenters. The molecule has 0 spiro atoms. The second-order valence-corrected chi connectivity index (χ2v) is 10.1. The van der Waals surface area contributed by atoms with Gasteiger partial charge in [-0.1, -0.05) is 23.8 Å². The van der Waals surface area contributed by atoms with Crippen LogP contribution in [0.1, 0.15) is 15.9 Å². The van der Waals surface area contributed by atoms with Crippen molar-refractivity contribution in [2.75, 3.05) is 17.1 Å². The van der Waals surface area contributed by atoms with Crippen molar-refractivity contribution in [1.29, 1.82) is 0 Å². The zero-order valence-corrected chi connectivity index (χ0v) is 18.8. The van der Waals surface area contributed by atoms with E-state index in [0.717, 1.165) is 5.56 Å². The van der Waals surface area contributed by atoms with E-state index in [9.17, 15) is 21.6 Å². The van der Waals surface area contributed by atoms with Crippen molar-refractivity contribution in [2.24, 2.45) is 5.14 Å². The van der Waals surface area contributed by atoms with Crippen molar-refractivity contribution in [3.63, 3.8) is 0 Å². The maximum atomic E-state index is 12.7. The Morgan fingerprint density at radius 3 is 2.22 bits per heavy atom. The van der Waals surface area contributed by atoms with E-state index in [1.54, 1.807) is 12.1 Å². The van der Waals surface area contributed by atoms with Crippen LogP contribution < -0.4 is 19.9 Å². The van der Waals surface area contributed by atoms with Crippen molar-refractivity contribution in [3.8, 4) is 5.75 Å². The lowest BCUT2D eigenvalue weighted by Crippen LogP contribution is -2.16. The van der Waals surface area contributed by atoms with Crippen molar-refractivity contribution in [2.45, 2.75) is 16.7 Å². The molecule has 0 saturated heterocycles. The minimum atomic E-state index is -4.08. The van der Waals surface area contributed by atoms with Crippen LogP contribution in [0.15, 0.2) is 76.5 Å². The molecule has 0 saturated carbocycles. The van der Waals surface area contributed by atoms with Gasteiger partial charge in [-0.2, -0.15) is 0 Å². The molecule has 3 aromatic rings. The molecule has 11 heteroatoms. The number of benzene rings is 3. The number of nitrogens with one attached hydrogen (secondary N) is 2. The van der Waals surface area contributed by atoms with E-state index in [1.807, 2.05) is 6.92 Å². The maximum Gasteiger partial charge on any atom is 0.261 e. The number of aryl methyl sites for hydroxylation is 1. The molecular formula is C21H21N3O6S2. The van der Waals surface area contributed by atoms with Gasteiger partial charge in [0.25, 0.3) is 15.9 Å². The Morgan fingerprint density at radius 2 is 1.59 bits per heavy atom. The van der Waals surface area contributed by atoms with Gasteiger partial charge in [0.15, 0.2) is 0 Å². The van der Waals surface area contributed by atoms with Gasteiger partial charge in [-0.05, 0) is 55.5 Å². The van der Waals surface area contributed by atoms with Gasteiger partial charge in [-0.3, -0.25) is 9.52 Å². The average Bonchev–Trinajstić information content (AvgIpc) is 2.73. The quantitative estimate of drug-likeness (QED) is 0.479. The van der Waals surface area contributed by atoms with Crippen LogP contribution in [0.2, 0.25) is 0 Å². The van der Waals surface area contributed by atoms with Crippen molar-refractivity contribution in [3.05, 3.63) is 77.9 Å². The molecule has 0 aliphatic carbocycles. The normalized spacial score (nSPS) is 11.6. The van der Waals surface area contributed by atoms with Gasteiger partial charge in [-0.25, -0.2) is 22.0 Å². The van der Waals surface area contributed by atoms with Gasteiger partial charge < -0.3 is 10.1 Å². The number of carbonyl (C=O) groups excluding carboxylic acids is 1. The van der Waals surface area contributed by atoms with Gasteiger partial charge in [0.2, 0.25) is 10.0 Å². The predicted molar refractivity (Wildman–Crippen MR) is 121 cm³/mol. The lowest BCUT2D eigenvalue weighted by atomic mass is 10.2. The van der Waals surface area contributed by atoms with Crippen LogP contribution in [0, 0.1) is 6.92 Å². The molecule has 4 N–H and O–H groups in total. The number of carbonyl (C=O) groups is 1. The highest BCUT2D eigenvalue weighted by Gasteiger charge is 2.18. The summed E-state index contributed by atoms with van der Waals surface area (Å²) in [5, 5.41) is 7.75. The Bertz CT molecular complexity index is 1370. The van der Waals surface area contributed by atoms with Crippen LogP contribution in [0.3, 0.4) is 0 Å². The van der Waals surface area contributed by atoms with E-state index in [-0.39, 0.29) is 32.5 Å². The number of methoxy groups -OCH3 is 1. The van der Waals surface area contributed by atoms with Crippen molar-refractivity contribution in [1.82, 2.24) is 0 Å². The Labute approximate surface area is 186 Å². The number of ether oxygens (including phenoxy) is 1. The van der Waals surface area contributed by atoms with Gasteiger partial charge >= 0.3 is 0 Å². The van der Waals surface area contributed by atoms with Crippen LogP contribution >= 0.6 is 0 Å². The molecule has 0 heterocycles. The van der Waals surface area contributed by atoms with Crippen LogP contribution in [0.4, 0.5) is 11.4 Å². The van der Waals surface area contributed by atoms with Crippen molar-refractivity contribution >= 4 is 37.3 Å². The molecule has 3 rings (SSSR count). The number of primary sulfonamides is 1. The molecule has 3 aromatic carbocycles. The molecule has 0 aliphatic rings. The Hall–Kier alpha value is -3.41. The Morgan fingerprint density at radius 1 is 0.906 bits per heavy atom. The summed E-state index contributed by atoms with van der Waals surface area (Å²) in [4.78, 5) is 12.5. The molecule has 32 heavy (non-hydrogen) atoms.